The van der Waals surface area contributed by atoms with Crippen LogP contribution in [0.3, 0.4) is 0 Å². The fourth-order valence-corrected chi connectivity index (χ4v) is 7.25. The minimum absolute atomic E-state index is 0.0406. The van der Waals surface area contributed by atoms with Crippen LogP contribution in [-0.4, -0.2) is 49.1 Å². The Kier molecular flexibility index (Phi) is 23.5. The van der Waals surface area contributed by atoms with Crippen molar-refractivity contribution >= 4 is 17.4 Å². The van der Waals surface area contributed by atoms with Gasteiger partial charge in [0.2, 0.25) is 0 Å². The van der Waals surface area contributed by atoms with Crippen LogP contribution in [0, 0.1) is 0 Å². The lowest BCUT2D eigenvalue weighted by Gasteiger charge is -2.27. The van der Waals surface area contributed by atoms with Crippen molar-refractivity contribution in [1.29, 1.82) is 0 Å². The van der Waals surface area contributed by atoms with E-state index in [4.69, 9.17) is 10.5 Å². The lowest BCUT2D eigenvalue weighted by atomic mass is 9.83. The molecule has 2 heterocycles. The number of ketones is 2. The molecule has 1 aromatic rings. The van der Waals surface area contributed by atoms with Crippen LogP contribution in [0.5, 0.6) is 0 Å². The van der Waals surface area contributed by atoms with Crippen LogP contribution in [0.4, 0.5) is 5.82 Å². The molecule has 1 aromatic heterocycles. The molecule has 1 aliphatic rings. The number of nitrogens with two attached hydrogens (primary N) is 1. The summed E-state index contributed by atoms with van der Waals surface area (Å²) in [5.74, 6) is -1.14. The zero-order valence-electron chi connectivity index (χ0n) is 31.9. The molecule has 0 amide bonds. The highest BCUT2D eigenvalue weighted by Gasteiger charge is 2.56. The first-order valence-electron chi connectivity index (χ1n) is 20.7. The van der Waals surface area contributed by atoms with Crippen LogP contribution < -0.4 is 11.4 Å². The molecule has 0 spiro atoms. The Morgan fingerprint density at radius 2 is 1.20 bits per heavy atom. The van der Waals surface area contributed by atoms with Gasteiger partial charge in [0.15, 0.2) is 23.3 Å². The van der Waals surface area contributed by atoms with Crippen molar-refractivity contribution in [1.82, 2.24) is 9.55 Å². The van der Waals surface area contributed by atoms with E-state index in [1.807, 2.05) is 0 Å². The molecule has 0 aliphatic carbocycles. The van der Waals surface area contributed by atoms with Gasteiger partial charge in [0.1, 0.15) is 18.1 Å². The maximum absolute atomic E-state index is 13.5. The topological polar surface area (TPSA) is 145 Å². The Bertz CT molecular complexity index is 1110. The number of anilines is 1. The number of aliphatic hydroxyl groups is 2. The number of rotatable bonds is 32. The smallest absolute Gasteiger partial charge is 0.351 e. The molecule has 4 atom stereocenters. The molecule has 0 aromatic carbocycles. The summed E-state index contributed by atoms with van der Waals surface area (Å²) in [6, 6.07) is 1.43. The van der Waals surface area contributed by atoms with E-state index in [1.54, 1.807) is 0 Å². The largest absolute Gasteiger partial charge is 0.385 e. The van der Waals surface area contributed by atoms with Crippen molar-refractivity contribution < 1.29 is 24.5 Å². The minimum Gasteiger partial charge on any atom is -0.385 e. The molecule has 288 valence electrons. The van der Waals surface area contributed by atoms with Crippen molar-refractivity contribution in [3.8, 4) is 0 Å². The third-order valence-corrected chi connectivity index (χ3v) is 10.5. The summed E-state index contributed by atoms with van der Waals surface area (Å²) < 4.78 is 7.07. The van der Waals surface area contributed by atoms with Crippen LogP contribution in [0.25, 0.3) is 0 Å². The zero-order valence-corrected chi connectivity index (χ0v) is 31.9. The summed E-state index contributed by atoms with van der Waals surface area (Å²) in [6.07, 6.45) is 28.3. The van der Waals surface area contributed by atoms with Crippen LogP contribution in [0.15, 0.2) is 17.1 Å². The Balaban J connectivity index is 1.78. The zero-order chi connectivity index (χ0) is 36.5. The minimum atomic E-state index is -2.13. The average molecular weight is 704 g/mol. The van der Waals surface area contributed by atoms with Crippen LogP contribution in [-0.2, 0) is 14.3 Å². The van der Waals surface area contributed by atoms with Gasteiger partial charge in [-0.25, -0.2) is 4.79 Å². The van der Waals surface area contributed by atoms with Crippen molar-refractivity contribution in [2.45, 2.75) is 224 Å². The van der Waals surface area contributed by atoms with E-state index in [-0.39, 0.29) is 25.1 Å². The number of hydrogen-bond donors (Lipinski definition) is 3. The number of carbonyl (C=O) groups excluding carboxylic acids is 2. The first kappa shape index (κ1) is 44.1. The van der Waals surface area contributed by atoms with Gasteiger partial charge in [0, 0.05) is 19.0 Å². The quantitative estimate of drug-likeness (QED) is 0.0630. The average Bonchev–Trinajstić information content (AvgIpc) is 3.46. The van der Waals surface area contributed by atoms with E-state index in [9.17, 15) is 24.6 Å². The maximum Gasteiger partial charge on any atom is 0.351 e. The van der Waals surface area contributed by atoms with Gasteiger partial charge in [-0.15, -0.1) is 0 Å². The highest BCUT2D eigenvalue weighted by atomic mass is 16.5. The molecule has 9 nitrogen and oxygen atoms in total. The summed E-state index contributed by atoms with van der Waals surface area (Å²) in [6.45, 7) is 4.49. The van der Waals surface area contributed by atoms with Crippen LogP contribution >= 0.6 is 0 Å². The van der Waals surface area contributed by atoms with Gasteiger partial charge in [-0.2, -0.15) is 4.98 Å². The van der Waals surface area contributed by atoms with Gasteiger partial charge in [0.05, 0.1) is 0 Å². The summed E-state index contributed by atoms with van der Waals surface area (Å²) in [5.41, 5.74) is 2.83. The second kappa shape index (κ2) is 26.6. The molecule has 1 saturated heterocycles. The standard InChI is InChI=1S/C41H73N3O6/c1-3-5-7-9-11-13-15-17-19-21-23-25-27-29-34(45)38(47)39-41(49,33-37(50-39)44-32-31-36(42)43-40(44)48)35(46)30-28-26-24-22-20-18-16-14-12-10-8-6-4-2/h31-32,34,37,39,45,49H,3-30,33H2,1-2H3,(H2,42,43,48)/t34?,37-,39-,41-/m1/s1. The molecule has 0 bridgehead atoms. The van der Waals surface area contributed by atoms with E-state index in [2.05, 4.69) is 18.8 Å². The molecular formula is C41H73N3O6. The summed E-state index contributed by atoms with van der Waals surface area (Å²) in [7, 11) is 0. The third-order valence-electron chi connectivity index (χ3n) is 10.5. The first-order chi connectivity index (χ1) is 24.2. The number of hydrogen-bond acceptors (Lipinski definition) is 8. The molecule has 0 radical (unpaired) electrons. The van der Waals surface area contributed by atoms with Crippen molar-refractivity contribution in [3.05, 3.63) is 22.7 Å². The number of aromatic nitrogens is 2. The van der Waals surface area contributed by atoms with Crippen molar-refractivity contribution in [2.75, 3.05) is 5.73 Å². The number of aliphatic hydroxyl groups excluding tert-OH is 1. The Labute approximate surface area is 303 Å². The van der Waals surface area contributed by atoms with E-state index >= 15 is 0 Å². The van der Waals surface area contributed by atoms with Crippen molar-refractivity contribution in [2.24, 2.45) is 0 Å². The van der Waals surface area contributed by atoms with Gasteiger partial charge in [-0.1, -0.05) is 174 Å². The lowest BCUT2D eigenvalue weighted by Crippen LogP contribution is -2.52. The van der Waals surface area contributed by atoms with Gasteiger partial charge >= 0.3 is 5.69 Å². The number of nitrogens with zero attached hydrogens (tertiary/aromatic N) is 2. The molecule has 9 heteroatoms. The number of nitrogen functional groups attached to an aromatic ring is 1. The van der Waals surface area contributed by atoms with E-state index in [0.29, 0.717) is 12.8 Å². The predicted octanol–water partition coefficient (Wildman–Crippen LogP) is 9.31. The summed E-state index contributed by atoms with van der Waals surface area (Å²) in [4.78, 5) is 43.3. The SMILES string of the molecule is CCCCCCCCCCCCCCCC(=O)[C@]1(O)C[C@H](n2ccc(N)nc2=O)O[C@@H]1C(=O)C(O)CCCCCCCCCCCCCCC. The maximum atomic E-state index is 13.5. The third kappa shape index (κ3) is 16.9. The van der Waals surface area contributed by atoms with Crippen LogP contribution in [0.1, 0.15) is 206 Å². The Morgan fingerprint density at radius 3 is 1.64 bits per heavy atom. The fourth-order valence-electron chi connectivity index (χ4n) is 7.25. The molecule has 4 N–H and O–H groups in total. The van der Waals surface area contributed by atoms with Gasteiger partial charge in [-0.3, -0.25) is 14.2 Å². The van der Waals surface area contributed by atoms with Crippen LogP contribution in [0.2, 0.25) is 0 Å². The second-order valence-electron chi connectivity index (χ2n) is 15.0. The first-order valence-corrected chi connectivity index (χ1v) is 20.7. The summed E-state index contributed by atoms with van der Waals surface area (Å²) in [5, 5.41) is 22.6. The van der Waals surface area contributed by atoms with Gasteiger partial charge < -0.3 is 20.7 Å². The lowest BCUT2D eigenvalue weighted by molar-refractivity contribution is -0.159. The van der Waals surface area contributed by atoms with Gasteiger partial charge in [0.25, 0.3) is 0 Å². The Morgan fingerprint density at radius 1 is 0.780 bits per heavy atom. The molecule has 1 aliphatic heterocycles. The number of unbranched alkanes of at least 4 members (excludes halogenated alkanes) is 24. The van der Waals surface area contributed by atoms with E-state index < -0.39 is 41.3 Å². The molecule has 1 fully saturated rings. The van der Waals surface area contributed by atoms with Crippen molar-refractivity contribution in [3.63, 3.8) is 0 Å². The normalized spacial score (nSPS) is 19.6. The molecule has 2 rings (SSSR count). The molecule has 1 unspecified atom stereocenters. The number of ether oxygens (including phenoxy) is 1. The molecule has 50 heavy (non-hydrogen) atoms. The monoisotopic (exact) mass is 704 g/mol. The predicted molar refractivity (Wildman–Crippen MR) is 203 cm³/mol. The molecular weight excluding hydrogens is 630 g/mol. The van der Waals surface area contributed by atoms with Gasteiger partial charge in [-0.05, 0) is 18.9 Å². The summed E-state index contributed by atoms with van der Waals surface area (Å²) >= 11 is 0. The highest BCUT2D eigenvalue weighted by molar-refractivity contribution is 5.98. The fraction of sp³-hybridized carbons (Fsp3) is 0.854. The number of carbonyl (C=O) groups is 2. The van der Waals surface area contributed by atoms with E-state index in [1.165, 1.54) is 128 Å². The number of Topliss-reactive ketones (excluding diaryl/α,β-unsaturated/α-hetero) is 2. The highest BCUT2D eigenvalue weighted by Crippen LogP contribution is 2.39. The second-order valence-corrected chi connectivity index (χ2v) is 15.0. The Hall–Kier alpha value is -2.10. The molecule has 0 saturated carbocycles. The van der Waals surface area contributed by atoms with E-state index in [0.717, 1.165) is 43.1 Å².